The number of aromatic nitrogens is 1. The number of thiophene rings is 1. The van der Waals surface area contributed by atoms with Gasteiger partial charge in [0.05, 0.1) is 16.7 Å². The summed E-state index contributed by atoms with van der Waals surface area (Å²) in [6.45, 7) is 0. The zero-order valence-electron chi connectivity index (χ0n) is 81.1. The second-order valence-corrected chi connectivity index (χ2v) is 38.9. The lowest BCUT2D eigenvalue weighted by Gasteiger charge is -2.31. The molecule has 0 amide bonds. The van der Waals surface area contributed by atoms with E-state index in [0.29, 0.717) is 0 Å². The molecule has 0 saturated heterocycles. The lowest BCUT2D eigenvalue weighted by molar-refractivity contribution is 1.18. The summed E-state index contributed by atoms with van der Waals surface area (Å²) >= 11 is 1.85. The van der Waals surface area contributed by atoms with Crippen LogP contribution in [0.4, 0.5) is 68.2 Å². The molecule has 0 fully saturated rings. The van der Waals surface area contributed by atoms with Crippen molar-refractivity contribution < 1.29 is 0 Å². The van der Waals surface area contributed by atoms with E-state index in [4.69, 9.17) is 0 Å². The van der Waals surface area contributed by atoms with Crippen molar-refractivity contribution in [3.05, 3.63) is 588 Å². The van der Waals surface area contributed by atoms with Crippen LogP contribution in [-0.2, 0) is 0 Å². The van der Waals surface area contributed by atoms with E-state index < -0.39 is 0 Å². The molecule has 0 N–H and O–H groups in total. The molecule has 0 saturated carbocycles. The van der Waals surface area contributed by atoms with E-state index in [-0.39, 0.29) is 0 Å². The highest BCUT2D eigenvalue weighted by Crippen LogP contribution is 2.53. The number of anilines is 12. The molecule has 25 aromatic carbocycles. The van der Waals surface area contributed by atoms with Gasteiger partial charge in [-0.2, -0.15) is 0 Å². The van der Waals surface area contributed by atoms with E-state index >= 15 is 0 Å². The van der Waals surface area contributed by atoms with E-state index in [2.05, 4.69) is 613 Å². The van der Waals surface area contributed by atoms with Crippen molar-refractivity contribution in [2.75, 3.05) is 19.6 Å². The summed E-state index contributed by atoms with van der Waals surface area (Å²) in [5, 5.41) is 14.7. The fraction of sp³-hybridized carbons (Fsp3) is 0. The van der Waals surface area contributed by atoms with Gasteiger partial charge in [-0.15, -0.1) is 11.3 Å². The molecule has 0 unspecified atom stereocenters. The Kier molecular flexibility index (Phi) is 23.6. The van der Waals surface area contributed by atoms with Gasteiger partial charge in [-0.05, 0) is 308 Å². The molecule has 0 aliphatic carbocycles. The molecule has 27 aromatic rings. The van der Waals surface area contributed by atoms with Gasteiger partial charge in [-0.3, -0.25) is 0 Å². The van der Waals surface area contributed by atoms with Gasteiger partial charge in [0.25, 0.3) is 0 Å². The number of nitrogens with zero attached hydrogens (tertiary/aromatic N) is 5. The van der Waals surface area contributed by atoms with Crippen LogP contribution in [0.1, 0.15) is 0 Å². The third kappa shape index (κ3) is 17.2. The van der Waals surface area contributed by atoms with Crippen LogP contribution in [0.5, 0.6) is 0 Å². The van der Waals surface area contributed by atoms with E-state index in [1.807, 2.05) is 11.3 Å². The van der Waals surface area contributed by atoms with Gasteiger partial charge in [-0.25, -0.2) is 0 Å². The molecule has 0 bridgehead atoms. The molecule has 0 spiro atoms. The zero-order valence-corrected chi connectivity index (χ0v) is 82.0. The summed E-state index contributed by atoms with van der Waals surface area (Å²) < 4.78 is 4.97. The Morgan fingerprint density at radius 2 is 0.412 bits per heavy atom. The highest BCUT2D eigenvalue weighted by atomic mass is 32.1. The van der Waals surface area contributed by atoms with E-state index in [0.717, 1.165) is 102 Å². The van der Waals surface area contributed by atoms with Crippen molar-refractivity contribution in [1.82, 2.24) is 4.57 Å². The molecule has 148 heavy (non-hydrogen) atoms. The quantitative estimate of drug-likeness (QED) is 0.0667. The maximum Gasteiger partial charge on any atom is 0.0562 e. The molecule has 2 heterocycles. The van der Waals surface area contributed by atoms with Crippen molar-refractivity contribution in [1.29, 1.82) is 0 Å². The van der Waals surface area contributed by atoms with Crippen LogP contribution in [0.2, 0.25) is 0 Å². The molecule has 0 atom stereocenters. The Morgan fingerprint density at radius 1 is 0.142 bits per heavy atom. The van der Waals surface area contributed by atoms with Crippen molar-refractivity contribution in [3.63, 3.8) is 0 Å². The average Bonchev–Trinajstić information content (AvgIpc) is 1.54. The van der Waals surface area contributed by atoms with E-state index in [1.54, 1.807) is 0 Å². The Hall–Kier alpha value is -19.2. The molecule has 0 aliphatic heterocycles. The summed E-state index contributed by atoms with van der Waals surface area (Å²) in [6.07, 6.45) is 0. The standard InChI is InChI=1S/C74H51N3.C68H46N2S/c1-5-20-52(21-6-1)55-36-42-61(43-37-55)75(62-44-38-56(39-45-62)53-22-7-2-8-23-53)64-48-59(70-50-58-26-13-14-29-66(58)67-30-15-16-31-68(67)70)49-65(51-64)76(63-46-40-57(41-47-63)54-24-9-3-10-25-54)72-34-19-35-73-74(72)69-32-17-18-33-71(69)77(73)60-27-11-4-12-28-60;1-4-16-47(17-5-1)50-28-34-55(35-29-50)69(56-36-30-51(31-37-56)48-18-6-2-7-19-48)59-42-54(65-44-53-22-10-11-23-61(53)62-24-12-13-25-63(62)65)43-60(45-59)70(57-38-32-52(33-39-57)49-20-8-3-9-21-49)58-40-41-68-66(46-58)64-26-14-15-27-67(64)71-68/h1-51H;1-46H. The number of para-hydroxylation sites is 2. The number of hydrogen-bond donors (Lipinski definition) is 0. The second kappa shape index (κ2) is 39.2. The molecule has 696 valence electrons. The molecule has 0 radical (unpaired) electrons. The Morgan fingerprint density at radius 3 is 0.791 bits per heavy atom. The fourth-order valence-electron chi connectivity index (χ4n) is 21.9. The van der Waals surface area contributed by atoms with E-state index in [9.17, 15) is 0 Å². The number of rotatable bonds is 21. The average molecular weight is 1910 g/mol. The van der Waals surface area contributed by atoms with Crippen LogP contribution in [-0.4, -0.2) is 4.57 Å². The molecule has 5 nitrogen and oxygen atoms in total. The summed E-state index contributed by atoms with van der Waals surface area (Å²) in [4.78, 5) is 9.79. The Bertz CT molecular complexity index is 9350. The zero-order chi connectivity index (χ0) is 98.2. The Balaban J connectivity index is 0.000000150. The highest BCUT2D eigenvalue weighted by molar-refractivity contribution is 7.25. The lowest BCUT2D eigenvalue weighted by atomic mass is 9.92. The van der Waals surface area contributed by atoms with Gasteiger partial charge in [0.15, 0.2) is 0 Å². The molecule has 6 heteroatoms. The Labute approximate surface area is 865 Å². The second-order valence-electron chi connectivity index (χ2n) is 37.8. The minimum absolute atomic E-state index is 1.03. The maximum atomic E-state index is 2.49. The van der Waals surface area contributed by atoms with Crippen LogP contribution in [0.25, 0.3) is 180 Å². The third-order valence-electron chi connectivity index (χ3n) is 28.9. The van der Waals surface area contributed by atoms with Crippen molar-refractivity contribution >= 4 is 165 Å². The summed E-state index contributed by atoms with van der Waals surface area (Å²) in [5.74, 6) is 0. The topological polar surface area (TPSA) is 17.9 Å². The van der Waals surface area contributed by atoms with Crippen molar-refractivity contribution in [2.45, 2.75) is 0 Å². The summed E-state index contributed by atoms with van der Waals surface area (Å²) in [6, 6.07) is 215. The molecular formula is C142H97N5S. The van der Waals surface area contributed by atoms with Crippen molar-refractivity contribution in [2.24, 2.45) is 0 Å². The third-order valence-corrected chi connectivity index (χ3v) is 30.1. The smallest absolute Gasteiger partial charge is 0.0562 e. The predicted octanol–water partition coefficient (Wildman–Crippen LogP) is 40.7. The molecular weight excluding hydrogens is 1810 g/mol. The first-order valence-corrected chi connectivity index (χ1v) is 51.4. The normalized spacial score (nSPS) is 11.4. The van der Waals surface area contributed by atoms with Crippen LogP contribution >= 0.6 is 11.3 Å². The van der Waals surface area contributed by atoms with Crippen molar-refractivity contribution in [3.8, 4) is 94.7 Å². The van der Waals surface area contributed by atoms with Gasteiger partial charge < -0.3 is 24.2 Å². The van der Waals surface area contributed by atoms with Gasteiger partial charge in [-0.1, -0.05) is 413 Å². The molecule has 27 rings (SSSR count). The molecule has 2 aromatic heterocycles. The fourth-order valence-corrected chi connectivity index (χ4v) is 23.0. The predicted molar refractivity (Wildman–Crippen MR) is 632 cm³/mol. The van der Waals surface area contributed by atoms with Crippen LogP contribution in [0.15, 0.2) is 588 Å². The number of fused-ring (bicyclic) bond motifs is 12. The molecule has 0 aliphatic rings. The van der Waals surface area contributed by atoms with Gasteiger partial charge in [0.1, 0.15) is 0 Å². The summed E-state index contributed by atoms with van der Waals surface area (Å²) in [7, 11) is 0. The lowest BCUT2D eigenvalue weighted by Crippen LogP contribution is -2.14. The van der Waals surface area contributed by atoms with Crippen LogP contribution < -0.4 is 19.6 Å². The van der Waals surface area contributed by atoms with Gasteiger partial charge in [0.2, 0.25) is 0 Å². The largest absolute Gasteiger partial charge is 0.310 e. The minimum Gasteiger partial charge on any atom is -0.310 e. The SMILES string of the molecule is c1ccc(-c2ccc(N(c3ccc(-c4ccccc4)cc3)c3cc(-c4cc5ccccc5c5ccccc45)cc(N(c4ccc(-c5ccccc5)cc4)c4ccc5sc6ccccc6c5c4)c3)cc2)cc1.c1ccc(-c2ccc(N(c3ccc(-c4ccccc4)cc3)c3cc(-c4cc5ccccc5c5ccccc45)cc(N(c4ccc(-c5ccccc5)cc4)c4cccc5c4c4ccccc4n5-c4ccccc4)c3)cc2)cc1. The number of benzene rings is 25. The van der Waals surface area contributed by atoms with Gasteiger partial charge >= 0.3 is 0 Å². The first kappa shape index (κ1) is 88.9. The monoisotopic (exact) mass is 1900 g/mol. The maximum absolute atomic E-state index is 2.49. The first-order chi connectivity index (χ1) is 73.4. The first-order valence-electron chi connectivity index (χ1n) is 50.6. The van der Waals surface area contributed by atoms with Crippen LogP contribution in [0, 0.1) is 0 Å². The minimum atomic E-state index is 1.03. The van der Waals surface area contributed by atoms with E-state index in [1.165, 1.54) is 146 Å². The number of hydrogen-bond acceptors (Lipinski definition) is 5. The summed E-state index contributed by atoms with van der Waals surface area (Å²) in [5.41, 5.74) is 34.8. The van der Waals surface area contributed by atoms with Crippen LogP contribution in [0.3, 0.4) is 0 Å². The highest BCUT2D eigenvalue weighted by Gasteiger charge is 2.28. The van der Waals surface area contributed by atoms with Gasteiger partial charge in [0, 0.05) is 99.2 Å².